The van der Waals surface area contributed by atoms with Gasteiger partial charge in [0, 0.05) is 16.5 Å². The predicted molar refractivity (Wildman–Crippen MR) is 45.9 cm³/mol. The zero-order valence-corrected chi connectivity index (χ0v) is 7.73. The molecule has 4 heteroatoms. The standard InChI is InChI=1S/C7H12N2OS/c1-7(2,8)5-4-6(10-3)9-11-5/h4H,8H2,1-3H3. The molecule has 0 aliphatic heterocycles. The fraction of sp³-hybridized carbons (Fsp3) is 0.571. The SMILES string of the molecule is COc1cc(C(C)(C)N)sn1. The van der Waals surface area contributed by atoms with Gasteiger partial charge in [-0.05, 0) is 25.4 Å². The van der Waals surface area contributed by atoms with Crippen molar-refractivity contribution in [1.29, 1.82) is 0 Å². The highest BCUT2D eigenvalue weighted by atomic mass is 32.1. The van der Waals surface area contributed by atoms with Gasteiger partial charge in [0.1, 0.15) is 0 Å². The Balaban J connectivity index is 2.89. The lowest BCUT2D eigenvalue weighted by Gasteiger charge is -2.14. The van der Waals surface area contributed by atoms with Crippen molar-refractivity contribution in [3.05, 3.63) is 10.9 Å². The van der Waals surface area contributed by atoms with Crippen LogP contribution in [0.5, 0.6) is 5.88 Å². The Bertz CT molecular complexity index is 239. The van der Waals surface area contributed by atoms with Crippen LogP contribution in [0, 0.1) is 0 Å². The van der Waals surface area contributed by atoms with E-state index in [-0.39, 0.29) is 5.54 Å². The van der Waals surface area contributed by atoms with Gasteiger partial charge in [0.25, 0.3) is 0 Å². The Hall–Kier alpha value is -0.610. The van der Waals surface area contributed by atoms with Crippen molar-refractivity contribution in [2.45, 2.75) is 19.4 Å². The molecule has 1 aromatic heterocycles. The van der Waals surface area contributed by atoms with Crippen LogP contribution >= 0.6 is 11.5 Å². The summed E-state index contributed by atoms with van der Waals surface area (Å²) in [6, 6.07) is 1.87. The first-order valence-corrected chi connectivity index (χ1v) is 4.11. The molecule has 0 amide bonds. The number of ether oxygens (including phenoxy) is 1. The van der Waals surface area contributed by atoms with E-state index in [9.17, 15) is 0 Å². The number of methoxy groups -OCH3 is 1. The third-order valence-electron chi connectivity index (χ3n) is 1.33. The van der Waals surface area contributed by atoms with Crippen LogP contribution in [0.2, 0.25) is 0 Å². The van der Waals surface area contributed by atoms with E-state index in [0.717, 1.165) is 4.88 Å². The second-order valence-corrected chi connectivity index (χ2v) is 3.76. The van der Waals surface area contributed by atoms with Crippen molar-refractivity contribution < 1.29 is 4.74 Å². The molecule has 62 valence electrons. The quantitative estimate of drug-likeness (QED) is 0.732. The highest BCUT2D eigenvalue weighted by Crippen LogP contribution is 2.25. The maximum atomic E-state index is 5.84. The average Bonchev–Trinajstić information content (AvgIpc) is 2.32. The summed E-state index contributed by atoms with van der Waals surface area (Å²) in [5.74, 6) is 0.642. The molecule has 0 saturated carbocycles. The molecule has 0 unspecified atom stereocenters. The first kappa shape index (κ1) is 8.49. The minimum Gasteiger partial charge on any atom is -0.480 e. The zero-order valence-electron chi connectivity index (χ0n) is 6.92. The van der Waals surface area contributed by atoms with Crippen molar-refractivity contribution in [3.63, 3.8) is 0 Å². The average molecular weight is 172 g/mol. The fourth-order valence-corrected chi connectivity index (χ4v) is 1.36. The van der Waals surface area contributed by atoms with Gasteiger partial charge in [0.2, 0.25) is 5.88 Å². The van der Waals surface area contributed by atoms with Gasteiger partial charge in [-0.3, -0.25) is 0 Å². The largest absolute Gasteiger partial charge is 0.480 e. The fourth-order valence-electron chi connectivity index (χ4n) is 0.659. The summed E-state index contributed by atoms with van der Waals surface area (Å²) in [6.07, 6.45) is 0. The third-order valence-corrected chi connectivity index (χ3v) is 2.44. The van der Waals surface area contributed by atoms with Crippen molar-refractivity contribution in [2.24, 2.45) is 5.73 Å². The van der Waals surface area contributed by atoms with E-state index in [2.05, 4.69) is 4.37 Å². The van der Waals surface area contributed by atoms with E-state index < -0.39 is 0 Å². The summed E-state index contributed by atoms with van der Waals surface area (Å²) in [6.45, 7) is 3.89. The minimum atomic E-state index is -0.311. The van der Waals surface area contributed by atoms with E-state index in [4.69, 9.17) is 10.5 Å². The van der Waals surface area contributed by atoms with E-state index in [1.165, 1.54) is 11.5 Å². The molecule has 0 aliphatic rings. The maximum Gasteiger partial charge on any atom is 0.225 e. The molecular formula is C7H12N2OS. The predicted octanol–water partition coefficient (Wildman–Crippen LogP) is 1.35. The summed E-state index contributed by atoms with van der Waals surface area (Å²) in [7, 11) is 1.60. The topological polar surface area (TPSA) is 48.1 Å². The molecule has 0 radical (unpaired) electrons. The van der Waals surface area contributed by atoms with Crippen LogP contribution in [0.15, 0.2) is 6.07 Å². The lowest BCUT2D eigenvalue weighted by atomic mass is 10.1. The lowest BCUT2D eigenvalue weighted by Crippen LogP contribution is -2.27. The van der Waals surface area contributed by atoms with Gasteiger partial charge in [0.15, 0.2) is 0 Å². The first-order valence-electron chi connectivity index (χ1n) is 3.34. The molecule has 0 fully saturated rings. The number of hydrogen-bond acceptors (Lipinski definition) is 4. The lowest BCUT2D eigenvalue weighted by molar-refractivity contribution is 0.401. The summed E-state index contributed by atoms with van der Waals surface area (Å²) in [5, 5.41) is 0. The van der Waals surface area contributed by atoms with E-state index in [1.807, 2.05) is 19.9 Å². The smallest absolute Gasteiger partial charge is 0.225 e. The molecular weight excluding hydrogens is 160 g/mol. The second-order valence-electron chi connectivity index (χ2n) is 2.96. The van der Waals surface area contributed by atoms with E-state index in [0.29, 0.717) is 5.88 Å². The van der Waals surface area contributed by atoms with Crippen molar-refractivity contribution in [3.8, 4) is 5.88 Å². The summed E-state index contributed by atoms with van der Waals surface area (Å²) < 4.78 is 8.97. The molecule has 1 rings (SSSR count). The Morgan fingerprint density at radius 3 is 2.55 bits per heavy atom. The van der Waals surface area contributed by atoms with Crippen molar-refractivity contribution in [2.75, 3.05) is 7.11 Å². The van der Waals surface area contributed by atoms with Crippen LogP contribution in [0.3, 0.4) is 0 Å². The molecule has 1 heterocycles. The van der Waals surface area contributed by atoms with Crippen LogP contribution in [-0.2, 0) is 5.54 Å². The van der Waals surface area contributed by atoms with Crippen LogP contribution < -0.4 is 10.5 Å². The minimum absolute atomic E-state index is 0.311. The Morgan fingerprint density at radius 1 is 1.64 bits per heavy atom. The molecule has 0 spiro atoms. The number of rotatable bonds is 2. The molecule has 0 atom stereocenters. The molecule has 0 saturated heterocycles. The van der Waals surface area contributed by atoms with Gasteiger partial charge < -0.3 is 10.5 Å². The number of nitrogens with zero attached hydrogens (tertiary/aromatic N) is 1. The molecule has 11 heavy (non-hydrogen) atoms. The number of nitrogens with two attached hydrogens (primary N) is 1. The van der Waals surface area contributed by atoms with Gasteiger partial charge in [0.05, 0.1) is 7.11 Å². The van der Waals surface area contributed by atoms with Gasteiger partial charge >= 0.3 is 0 Å². The van der Waals surface area contributed by atoms with Crippen molar-refractivity contribution in [1.82, 2.24) is 4.37 Å². The first-order chi connectivity index (χ1) is 5.04. The summed E-state index contributed by atoms with van der Waals surface area (Å²) >= 11 is 1.38. The van der Waals surface area contributed by atoms with Crippen LogP contribution in [0.1, 0.15) is 18.7 Å². The zero-order chi connectivity index (χ0) is 8.48. The molecule has 0 aromatic carbocycles. The van der Waals surface area contributed by atoms with Gasteiger partial charge in [-0.1, -0.05) is 0 Å². The van der Waals surface area contributed by atoms with Gasteiger partial charge in [-0.25, -0.2) is 0 Å². The van der Waals surface area contributed by atoms with E-state index in [1.54, 1.807) is 7.11 Å². The highest BCUT2D eigenvalue weighted by molar-refractivity contribution is 7.06. The van der Waals surface area contributed by atoms with Gasteiger partial charge in [-0.15, -0.1) is 0 Å². The maximum absolute atomic E-state index is 5.84. The third kappa shape index (κ3) is 1.91. The normalized spacial score (nSPS) is 11.6. The Kier molecular flexibility index (Phi) is 2.15. The monoisotopic (exact) mass is 172 g/mol. The van der Waals surface area contributed by atoms with Crippen LogP contribution in [0.25, 0.3) is 0 Å². The molecule has 1 aromatic rings. The Morgan fingerprint density at radius 2 is 2.27 bits per heavy atom. The molecule has 0 bridgehead atoms. The molecule has 3 nitrogen and oxygen atoms in total. The second kappa shape index (κ2) is 2.79. The summed E-state index contributed by atoms with van der Waals surface area (Å²) in [4.78, 5) is 1.04. The van der Waals surface area contributed by atoms with Crippen molar-refractivity contribution >= 4 is 11.5 Å². The number of aromatic nitrogens is 1. The molecule has 2 N–H and O–H groups in total. The molecule has 0 aliphatic carbocycles. The van der Waals surface area contributed by atoms with E-state index >= 15 is 0 Å². The van der Waals surface area contributed by atoms with Crippen LogP contribution in [0.4, 0.5) is 0 Å². The number of hydrogen-bond donors (Lipinski definition) is 1. The highest BCUT2D eigenvalue weighted by Gasteiger charge is 2.17. The van der Waals surface area contributed by atoms with Crippen LogP contribution in [-0.4, -0.2) is 11.5 Å². The Labute approximate surface area is 70.3 Å². The summed E-state index contributed by atoms with van der Waals surface area (Å²) in [5.41, 5.74) is 5.53. The van der Waals surface area contributed by atoms with Gasteiger partial charge in [-0.2, -0.15) is 4.37 Å².